The zero-order valence-corrected chi connectivity index (χ0v) is 13.2. The van der Waals surface area contributed by atoms with Crippen molar-refractivity contribution < 1.29 is 4.92 Å². The summed E-state index contributed by atoms with van der Waals surface area (Å²) in [6.07, 6.45) is 3.60. The van der Waals surface area contributed by atoms with Crippen molar-refractivity contribution in [2.45, 2.75) is 19.3 Å². The number of nitrogens with zero attached hydrogens (tertiary/aromatic N) is 2. The van der Waals surface area contributed by atoms with Gasteiger partial charge in [-0.3, -0.25) is 10.1 Å². The summed E-state index contributed by atoms with van der Waals surface area (Å²) in [6, 6.07) is 5.01. The number of hydrogen-bond donors (Lipinski definition) is 1. The van der Waals surface area contributed by atoms with E-state index < -0.39 is 0 Å². The molecule has 1 aromatic rings. The maximum absolute atomic E-state index is 10.7. The second kappa shape index (κ2) is 7.04. The molecule has 0 spiro atoms. The first-order valence-corrected chi connectivity index (χ1v) is 7.74. The highest BCUT2D eigenvalue weighted by molar-refractivity contribution is 9.10. The quantitative estimate of drug-likeness (QED) is 0.660. The topological polar surface area (TPSA) is 58.4 Å². The molecular formula is C14H20BrN3O2. The van der Waals surface area contributed by atoms with Crippen molar-refractivity contribution >= 4 is 27.3 Å². The standard InChI is InChI=1S/C14H20BrN3O2/c1-16-7-4-11-5-8-17(9-6-11)14-3-2-12(18(19)20)10-13(14)15/h2-3,10-11,16H,4-9H2,1H3. The lowest BCUT2D eigenvalue weighted by Gasteiger charge is -2.34. The number of nitro benzene ring substituents is 1. The Bertz CT molecular complexity index is 473. The van der Waals surface area contributed by atoms with Crippen LogP contribution in [0.25, 0.3) is 0 Å². The number of nitrogens with one attached hydrogen (secondary N) is 1. The zero-order chi connectivity index (χ0) is 14.5. The van der Waals surface area contributed by atoms with Crippen molar-refractivity contribution in [3.05, 3.63) is 32.8 Å². The molecule has 0 unspecified atom stereocenters. The predicted molar refractivity (Wildman–Crippen MR) is 84.3 cm³/mol. The normalized spacial score (nSPS) is 16.4. The van der Waals surface area contributed by atoms with Gasteiger partial charge in [-0.1, -0.05) is 0 Å². The first-order valence-electron chi connectivity index (χ1n) is 6.95. The molecule has 0 atom stereocenters. The van der Waals surface area contributed by atoms with Crippen LogP contribution in [0.4, 0.5) is 11.4 Å². The number of nitro groups is 1. The molecule has 110 valence electrons. The summed E-state index contributed by atoms with van der Waals surface area (Å²) in [5, 5.41) is 13.9. The molecule has 0 bridgehead atoms. The fourth-order valence-corrected chi connectivity index (χ4v) is 3.29. The van der Waals surface area contributed by atoms with Crippen LogP contribution in [-0.4, -0.2) is 31.6 Å². The van der Waals surface area contributed by atoms with Crippen molar-refractivity contribution in [3.63, 3.8) is 0 Å². The van der Waals surface area contributed by atoms with Gasteiger partial charge in [0.15, 0.2) is 0 Å². The van der Waals surface area contributed by atoms with Gasteiger partial charge in [0.1, 0.15) is 0 Å². The molecule has 0 aromatic heterocycles. The predicted octanol–water partition coefficient (Wildman–Crippen LogP) is 3.18. The van der Waals surface area contributed by atoms with Gasteiger partial charge in [0, 0.05) is 29.7 Å². The third-order valence-corrected chi connectivity index (χ3v) is 4.54. The van der Waals surface area contributed by atoms with E-state index in [9.17, 15) is 10.1 Å². The van der Waals surface area contributed by atoms with Crippen molar-refractivity contribution in [2.24, 2.45) is 5.92 Å². The molecule has 1 fully saturated rings. The maximum atomic E-state index is 10.7. The van der Waals surface area contributed by atoms with E-state index in [-0.39, 0.29) is 10.6 Å². The summed E-state index contributed by atoms with van der Waals surface area (Å²) in [4.78, 5) is 12.7. The first kappa shape index (κ1) is 15.3. The molecule has 1 aliphatic rings. The summed E-state index contributed by atoms with van der Waals surface area (Å²) < 4.78 is 0.806. The second-order valence-electron chi connectivity index (χ2n) is 5.22. The minimum atomic E-state index is -0.363. The van der Waals surface area contributed by atoms with Gasteiger partial charge in [0.25, 0.3) is 5.69 Å². The summed E-state index contributed by atoms with van der Waals surface area (Å²) in [5.74, 6) is 0.788. The first-order chi connectivity index (χ1) is 9.61. The minimum Gasteiger partial charge on any atom is -0.371 e. The molecular weight excluding hydrogens is 322 g/mol. The van der Waals surface area contributed by atoms with E-state index in [1.807, 2.05) is 13.1 Å². The van der Waals surface area contributed by atoms with Gasteiger partial charge in [-0.2, -0.15) is 0 Å². The van der Waals surface area contributed by atoms with Crippen LogP contribution in [0.2, 0.25) is 0 Å². The summed E-state index contributed by atoms with van der Waals surface area (Å²) in [7, 11) is 1.99. The van der Waals surface area contributed by atoms with Crippen LogP contribution >= 0.6 is 15.9 Å². The zero-order valence-electron chi connectivity index (χ0n) is 11.6. The molecule has 0 aliphatic carbocycles. The molecule has 1 heterocycles. The van der Waals surface area contributed by atoms with Crippen LogP contribution in [0.5, 0.6) is 0 Å². The highest BCUT2D eigenvalue weighted by Crippen LogP contribution is 2.33. The van der Waals surface area contributed by atoms with Gasteiger partial charge in [-0.25, -0.2) is 0 Å². The molecule has 1 N–H and O–H groups in total. The Morgan fingerprint density at radius 1 is 1.45 bits per heavy atom. The molecule has 1 saturated heterocycles. The Hall–Kier alpha value is -1.14. The molecule has 6 heteroatoms. The Labute approximate surface area is 127 Å². The highest BCUT2D eigenvalue weighted by atomic mass is 79.9. The van der Waals surface area contributed by atoms with Gasteiger partial charge in [-0.15, -0.1) is 0 Å². The van der Waals surface area contributed by atoms with Gasteiger partial charge in [-0.05, 0) is 60.8 Å². The molecule has 0 radical (unpaired) electrons. The van der Waals surface area contributed by atoms with Crippen LogP contribution in [0.15, 0.2) is 22.7 Å². The van der Waals surface area contributed by atoms with Gasteiger partial charge >= 0.3 is 0 Å². The number of benzene rings is 1. The monoisotopic (exact) mass is 341 g/mol. The van der Waals surface area contributed by atoms with Crippen molar-refractivity contribution in [3.8, 4) is 0 Å². The smallest absolute Gasteiger partial charge is 0.270 e. The fourth-order valence-electron chi connectivity index (χ4n) is 2.68. The summed E-state index contributed by atoms with van der Waals surface area (Å²) >= 11 is 3.45. The third kappa shape index (κ3) is 3.70. The minimum absolute atomic E-state index is 0.129. The van der Waals surface area contributed by atoms with Crippen molar-refractivity contribution in [1.82, 2.24) is 5.32 Å². The Morgan fingerprint density at radius 3 is 2.70 bits per heavy atom. The van der Waals surface area contributed by atoms with Crippen LogP contribution in [0.1, 0.15) is 19.3 Å². The molecule has 2 rings (SSSR count). The van der Waals surface area contributed by atoms with Crippen LogP contribution in [-0.2, 0) is 0 Å². The van der Waals surface area contributed by atoms with Crippen LogP contribution < -0.4 is 10.2 Å². The number of halogens is 1. The average molecular weight is 342 g/mol. The number of anilines is 1. The van der Waals surface area contributed by atoms with Crippen LogP contribution in [0, 0.1) is 16.0 Å². The van der Waals surface area contributed by atoms with E-state index in [0.29, 0.717) is 0 Å². The lowest BCUT2D eigenvalue weighted by atomic mass is 9.93. The lowest BCUT2D eigenvalue weighted by molar-refractivity contribution is -0.384. The van der Waals surface area contributed by atoms with Gasteiger partial charge < -0.3 is 10.2 Å². The number of rotatable bonds is 5. The molecule has 0 amide bonds. The molecule has 1 aliphatic heterocycles. The van der Waals surface area contributed by atoms with Gasteiger partial charge in [0.2, 0.25) is 0 Å². The second-order valence-corrected chi connectivity index (χ2v) is 6.07. The highest BCUT2D eigenvalue weighted by Gasteiger charge is 2.21. The van der Waals surface area contributed by atoms with Crippen molar-refractivity contribution in [2.75, 3.05) is 31.6 Å². The SMILES string of the molecule is CNCCC1CCN(c2ccc([N+](=O)[O-])cc2Br)CC1. The Balaban J connectivity index is 1.98. The Morgan fingerprint density at radius 2 is 2.15 bits per heavy atom. The summed E-state index contributed by atoms with van der Waals surface area (Å²) in [5.41, 5.74) is 1.19. The molecule has 5 nitrogen and oxygen atoms in total. The molecule has 20 heavy (non-hydrogen) atoms. The average Bonchev–Trinajstić information content (AvgIpc) is 2.45. The van der Waals surface area contributed by atoms with Crippen LogP contribution in [0.3, 0.4) is 0 Å². The number of hydrogen-bond acceptors (Lipinski definition) is 4. The molecule has 0 saturated carbocycles. The fraction of sp³-hybridized carbons (Fsp3) is 0.571. The van der Waals surface area contributed by atoms with E-state index in [1.54, 1.807) is 12.1 Å². The van der Waals surface area contributed by atoms with E-state index >= 15 is 0 Å². The lowest BCUT2D eigenvalue weighted by Crippen LogP contribution is -2.34. The van der Waals surface area contributed by atoms with Crippen molar-refractivity contribution in [1.29, 1.82) is 0 Å². The van der Waals surface area contributed by atoms with E-state index in [0.717, 1.165) is 35.7 Å². The Kier molecular flexibility index (Phi) is 5.37. The van der Waals surface area contributed by atoms with E-state index in [2.05, 4.69) is 26.1 Å². The molecule has 1 aromatic carbocycles. The van der Waals surface area contributed by atoms with E-state index in [4.69, 9.17) is 0 Å². The van der Waals surface area contributed by atoms with Gasteiger partial charge in [0.05, 0.1) is 10.6 Å². The maximum Gasteiger partial charge on any atom is 0.270 e. The number of piperidine rings is 1. The van der Waals surface area contributed by atoms with E-state index in [1.165, 1.54) is 19.3 Å². The third-order valence-electron chi connectivity index (χ3n) is 3.90. The summed E-state index contributed by atoms with van der Waals surface area (Å²) in [6.45, 7) is 3.11. The largest absolute Gasteiger partial charge is 0.371 e. The number of non-ortho nitro benzene ring substituents is 1.